The van der Waals surface area contributed by atoms with E-state index in [0.29, 0.717) is 38.0 Å². The van der Waals surface area contributed by atoms with Gasteiger partial charge in [-0.25, -0.2) is 14.5 Å². The van der Waals surface area contributed by atoms with Crippen molar-refractivity contribution in [3.05, 3.63) is 36.2 Å². The molecule has 3 heterocycles. The van der Waals surface area contributed by atoms with Crippen molar-refractivity contribution in [1.29, 1.82) is 0 Å². The van der Waals surface area contributed by atoms with Gasteiger partial charge in [-0.05, 0) is 26.0 Å². The molecular formula is C19H23N5O3. The van der Waals surface area contributed by atoms with Crippen molar-refractivity contribution < 1.29 is 14.3 Å². The largest absolute Gasteiger partial charge is 0.441 e. The number of carbonyl (C=O) groups excluding carboxylic acids is 2. The van der Waals surface area contributed by atoms with Crippen molar-refractivity contribution in [1.82, 2.24) is 25.0 Å². The molecule has 0 radical (unpaired) electrons. The molecule has 8 nitrogen and oxygen atoms in total. The van der Waals surface area contributed by atoms with E-state index in [1.165, 1.54) is 6.33 Å². The summed E-state index contributed by atoms with van der Waals surface area (Å²) >= 11 is 0. The predicted molar refractivity (Wildman–Crippen MR) is 98.2 cm³/mol. The molecule has 1 aromatic carbocycles. The van der Waals surface area contributed by atoms with Gasteiger partial charge in [-0.3, -0.25) is 4.79 Å². The maximum Gasteiger partial charge on any atom is 0.407 e. The van der Waals surface area contributed by atoms with E-state index in [2.05, 4.69) is 15.4 Å². The minimum atomic E-state index is -0.455. The van der Waals surface area contributed by atoms with Crippen LogP contribution in [0.1, 0.15) is 43.1 Å². The van der Waals surface area contributed by atoms with Crippen molar-refractivity contribution in [3.63, 3.8) is 0 Å². The van der Waals surface area contributed by atoms with Crippen molar-refractivity contribution in [3.8, 4) is 11.4 Å². The lowest BCUT2D eigenvalue weighted by Crippen LogP contribution is -2.48. The Morgan fingerprint density at radius 2 is 2.07 bits per heavy atom. The summed E-state index contributed by atoms with van der Waals surface area (Å²) in [5.41, 5.74) is 1.04. The number of piperidine rings is 1. The second-order valence-corrected chi connectivity index (χ2v) is 7.42. The van der Waals surface area contributed by atoms with E-state index in [-0.39, 0.29) is 18.0 Å². The van der Waals surface area contributed by atoms with Crippen LogP contribution in [0, 0.1) is 0 Å². The molecular weight excluding hydrogens is 346 g/mol. The van der Waals surface area contributed by atoms with Crippen molar-refractivity contribution >= 4 is 12.0 Å². The number of carbonyl (C=O) groups is 2. The van der Waals surface area contributed by atoms with Gasteiger partial charge < -0.3 is 15.0 Å². The molecule has 2 saturated heterocycles. The van der Waals surface area contributed by atoms with Gasteiger partial charge in [0.25, 0.3) is 5.91 Å². The minimum Gasteiger partial charge on any atom is -0.441 e. The van der Waals surface area contributed by atoms with Gasteiger partial charge in [0.1, 0.15) is 11.9 Å². The van der Waals surface area contributed by atoms with Crippen LogP contribution in [0.3, 0.4) is 0 Å². The van der Waals surface area contributed by atoms with E-state index in [1.807, 2.05) is 47.7 Å². The van der Waals surface area contributed by atoms with Crippen LogP contribution in [-0.2, 0) is 4.74 Å². The van der Waals surface area contributed by atoms with Gasteiger partial charge in [-0.2, -0.15) is 5.10 Å². The molecule has 2 aliphatic rings. The molecule has 2 aliphatic heterocycles. The Kier molecular flexibility index (Phi) is 4.33. The zero-order chi connectivity index (χ0) is 19.0. The summed E-state index contributed by atoms with van der Waals surface area (Å²) in [6, 6.07) is 7.68. The third-order valence-corrected chi connectivity index (χ3v) is 5.26. The average Bonchev–Trinajstić information content (AvgIpc) is 3.29. The SMILES string of the molecule is CC(C)n1ncnc1-c1cccc(C(=O)N2CCC3(CC2)CNC(=O)O3)c1. The van der Waals surface area contributed by atoms with Crippen LogP contribution >= 0.6 is 0 Å². The lowest BCUT2D eigenvalue weighted by atomic mass is 9.91. The monoisotopic (exact) mass is 369 g/mol. The lowest BCUT2D eigenvalue weighted by Gasteiger charge is -2.37. The third kappa shape index (κ3) is 3.27. The molecule has 4 rings (SSSR count). The van der Waals surface area contributed by atoms with Crippen LogP contribution in [0.5, 0.6) is 0 Å². The molecule has 1 N–H and O–H groups in total. The van der Waals surface area contributed by atoms with Crippen LogP contribution in [0.25, 0.3) is 11.4 Å². The van der Waals surface area contributed by atoms with Gasteiger partial charge in [0.2, 0.25) is 0 Å². The fraction of sp³-hybridized carbons (Fsp3) is 0.474. The number of alkyl carbamates (subject to hydrolysis) is 1. The third-order valence-electron chi connectivity index (χ3n) is 5.26. The molecule has 2 fully saturated rings. The van der Waals surface area contributed by atoms with Crippen LogP contribution in [0.15, 0.2) is 30.6 Å². The van der Waals surface area contributed by atoms with Gasteiger partial charge in [0, 0.05) is 43.1 Å². The summed E-state index contributed by atoms with van der Waals surface area (Å²) in [7, 11) is 0. The van der Waals surface area contributed by atoms with Gasteiger partial charge >= 0.3 is 6.09 Å². The molecule has 27 heavy (non-hydrogen) atoms. The molecule has 1 spiro atoms. The number of rotatable bonds is 3. The van der Waals surface area contributed by atoms with Crippen LogP contribution < -0.4 is 5.32 Å². The lowest BCUT2D eigenvalue weighted by molar-refractivity contribution is 0.00331. The number of likely N-dealkylation sites (tertiary alicyclic amines) is 1. The van der Waals surface area contributed by atoms with Crippen molar-refractivity contribution in [2.75, 3.05) is 19.6 Å². The highest BCUT2D eigenvalue weighted by atomic mass is 16.6. The fourth-order valence-electron chi connectivity index (χ4n) is 3.71. The Bertz CT molecular complexity index is 868. The smallest absolute Gasteiger partial charge is 0.407 e. The maximum absolute atomic E-state index is 13.0. The summed E-state index contributed by atoms with van der Waals surface area (Å²) in [6.07, 6.45) is 2.47. The van der Waals surface area contributed by atoms with E-state index < -0.39 is 5.60 Å². The molecule has 142 valence electrons. The minimum absolute atomic E-state index is 0.0143. The number of amides is 2. The quantitative estimate of drug-likeness (QED) is 0.896. The number of benzene rings is 1. The second-order valence-electron chi connectivity index (χ2n) is 7.42. The summed E-state index contributed by atoms with van der Waals surface area (Å²) in [4.78, 5) is 30.5. The molecule has 2 amide bonds. The summed E-state index contributed by atoms with van der Waals surface area (Å²) in [5, 5.41) is 6.98. The van der Waals surface area contributed by atoms with Gasteiger partial charge in [-0.1, -0.05) is 12.1 Å². The summed E-state index contributed by atoms with van der Waals surface area (Å²) < 4.78 is 7.26. The Morgan fingerprint density at radius 3 is 2.74 bits per heavy atom. The highest BCUT2D eigenvalue weighted by Crippen LogP contribution is 2.30. The number of hydrogen-bond donors (Lipinski definition) is 1. The fourth-order valence-corrected chi connectivity index (χ4v) is 3.71. The Hall–Kier alpha value is -2.90. The van der Waals surface area contributed by atoms with Crippen LogP contribution in [-0.4, -0.2) is 56.9 Å². The molecule has 0 aliphatic carbocycles. The van der Waals surface area contributed by atoms with Crippen molar-refractivity contribution in [2.45, 2.75) is 38.3 Å². The molecule has 0 unspecified atom stereocenters. The second kappa shape index (κ2) is 6.68. The van der Waals surface area contributed by atoms with Crippen LogP contribution in [0.4, 0.5) is 4.79 Å². The number of hydrogen-bond acceptors (Lipinski definition) is 5. The first-order valence-corrected chi connectivity index (χ1v) is 9.23. The number of nitrogens with zero attached hydrogens (tertiary/aromatic N) is 4. The van der Waals surface area contributed by atoms with Gasteiger partial charge in [0.15, 0.2) is 5.82 Å². The van der Waals surface area contributed by atoms with Gasteiger partial charge in [-0.15, -0.1) is 0 Å². The number of aromatic nitrogens is 3. The summed E-state index contributed by atoms with van der Waals surface area (Å²) in [6.45, 7) is 5.75. The normalized spacial score (nSPS) is 18.6. The van der Waals surface area contributed by atoms with Gasteiger partial charge in [0.05, 0.1) is 6.54 Å². The van der Waals surface area contributed by atoms with E-state index >= 15 is 0 Å². The zero-order valence-electron chi connectivity index (χ0n) is 15.5. The Balaban J connectivity index is 1.50. The number of nitrogens with one attached hydrogen (secondary N) is 1. The standard InChI is InChI=1S/C19H23N5O3/c1-13(2)24-16(21-12-22-24)14-4-3-5-15(10-14)17(25)23-8-6-19(7-9-23)11-20-18(26)27-19/h3-5,10,12-13H,6-9,11H2,1-2H3,(H,20,26). The number of ether oxygens (including phenoxy) is 1. The first kappa shape index (κ1) is 17.5. The maximum atomic E-state index is 13.0. The van der Waals surface area contributed by atoms with E-state index in [9.17, 15) is 9.59 Å². The van der Waals surface area contributed by atoms with E-state index in [0.717, 1.165) is 11.4 Å². The average molecular weight is 369 g/mol. The molecule has 8 heteroatoms. The summed E-state index contributed by atoms with van der Waals surface area (Å²) in [5.74, 6) is 0.737. The topological polar surface area (TPSA) is 89.4 Å². The highest BCUT2D eigenvalue weighted by molar-refractivity contribution is 5.95. The van der Waals surface area contributed by atoms with Crippen LogP contribution in [0.2, 0.25) is 0 Å². The zero-order valence-corrected chi connectivity index (χ0v) is 15.5. The molecule has 0 saturated carbocycles. The molecule has 1 aromatic heterocycles. The first-order valence-electron chi connectivity index (χ1n) is 9.23. The molecule has 2 aromatic rings. The molecule has 0 bridgehead atoms. The first-order chi connectivity index (χ1) is 13.0. The van der Waals surface area contributed by atoms with E-state index in [4.69, 9.17) is 4.74 Å². The van der Waals surface area contributed by atoms with Crippen molar-refractivity contribution in [2.24, 2.45) is 0 Å². The highest BCUT2D eigenvalue weighted by Gasteiger charge is 2.43. The predicted octanol–water partition coefficient (Wildman–Crippen LogP) is 2.24. The van der Waals surface area contributed by atoms with E-state index in [1.54, 1.807) is 0 Å². The Morgan fingerprint density at radius 1 is 1.30 bits per heavy atom. The molecule has 0 atom stereocenters. The Labute approximate surface area is 157 Å².